The molecule has 3 N–H and O–H groups in total. The second kappa shape index (κ2) is 7.15. The number of aromatic nitrogens is 3. The van der Waals surface area contributed by atoms with Crippen LogP contribution in [0.4, 0.5) is 5.82 Å². The maximum Gasteiger partial charge on any atom is 0.252 e. The lowest BCUT2D eigenvalue weighted by Crippen LogP contribution is -2.22. The number of anilines is 1. The lowest BCUT2D eigenvalue weighted by atomic mass is 10.1. The number of nitrogens with zero attached hydrogens (tertiary/aromatic N) is 2. The molecule has 3 aromatic heterocycles. The Labute approximate surface area is 152 Å². The predicted molar refractivity (Wildman–Crippen MR) is 103 cm³/mol. The Hall–Kier alpha value is -2.89. The highest BCUT2D eigenvalue weighted by Gasteiger charge is 2.17. The summed E-state index contributed by atoms with van der Waals surface area (Å²) >= 11 is 0. The first-order chi connectivity index (χ1) is 12.7. The van der Waals surface area contributed by atoms with Gasteiger partial charge in [-0.3, -0.25) is 9.78 Å². The topological polar surface area (TPSA) is 82.7 Å². The van der Waals surface area contributed by atoms with Crippen LogP contribution in [0, 0.1) is 0 Å². The van der Waals surface area contributed by atoms with Crippen LogP contribution in [0.15, 0.2) is 36.7 Å². The Balaban J connectivity index is 1.68. The number of H-pyrrole nitrogens is 1. The van der Waals surface area contributed by atoms with Crippen LogP contribution < -0.4 is 10.6 Å². The SMILES string of the molecule is CCNC(=O)c1ccc(-c2cc(NC3CCCC3)nc3[nH]ccc23)nc1. The monoisotopic (exact) mass is 349 g/mol. The maximum absolute atomic E-state index is 11.9. The number of hydrogen-bond acceptors (Lipinski definition) is 4. The molecule has 1 saturated carbocycles. The number of carbonyl (C=O) groups is 1. The van der Waals surface area contributed by atoms with Gasteiger partial charge in [0.05, 0.1) is 11.3 Å². The summed E-state index contributed by atoms with van der Waals surface area (Å²) < 4.78 is 0. The van der Waals surface area contributed by atoms with Gasteiger partial charge in [0.1, 0.15) is 11.5 Å². The normalized spacial score (nSPS) is 14.7. The first-order valence-corrected chi connectivity index (χ1v) is 9.24. The number of carbonyl (C=O) groups excluding carboxylic acids is 1. The van der Waals surface area contributed by atoms with E-state index in [-0.39, 0.29) is 5.91 Å². The maximum atomic E-state index is 11.9. The molecule has 1 fully saturated rings. The first-order valence-electron chi connectivity index (χ1n) is 9.24. The minimum absolute atomic E-state index is 0.100. The Morgan fingerprint density at radius 1 is 1.27 bits per heavy atom. The molecule has 1 aliphatic rings. The van der Waals surface area contributed by atoms with Gasteiger partial charge >= 0.3 is 0 Å². The quantitative estimate of drug-likeness (QED) is 0.655. The number of amides is 1. The molecule has 134 valence electrons. The molecule has 0 radical (unpaired) electrons. The van der Waals surface area contributed by atoms with Crippen molar-refractivity contribution in [2.24, 2.45) is 0 Å². The van der Waals surface area contributed by atoms with Crippen molar-refractivity contribution in [1.29, 1.82) is 0 Å². The number of fused-ring (bicyclic) bond motifs is 1. The average molecular weight is 349 g/mol. The minimum atomic E-state index is -0.100. The fourth-order valence-corrected chi connectivity index (χ4v) is 3.55. The fraction of sp³-hybridized carbons (Fsp3) is 0.350. The van der Waals surface area contributed by atoms with E-state index >= 15 is 0 Å². The van der Waals surface area contributed by atoms with Crippen LogP contribution in [0.5, 0.6) is 0 Å². The molecule has 4 rings (SSSR count). The van der Waals surface area contributed by atoms with Crippen LogP contribution in [0.2, 0.25) is 0 Å². The highest BCUT2D eigenvalue weighted by molar-refractivity contribution is 5.96. The van der Waals surface area contributed by atoms with Gasteiger partial charge in [0.15, 0.2) is 0 Å². The second-order valence-electron chi connectivity index (χ2n) is 6.71. The summed E-state index contributed by atoms with van der Waals surface area (Å²) in [6.45, 7) is 2.50. The zero-order valence-electron chi connectivity index (χ0n) is 14.9. The summed E-state index contributed by atoms with van der Waals surface area (Å²) in [5.41, 5.74) is 3.26. The van der Waals surface area contributed by atoms with E-state index in [2.05, 4.69) is 26.7 Å². The smallest absolute Gasteiger partial charge is 0.252 e. The van der Waals surface area contributed by atoms with Gasteiger partial charge in [-0.15, -0.1) is 0 Å². The van der Waals surface area contributed by atoms with Gasteiger partial charge in [-0.05, 0) is 44.0 Å². The summed E-state index contributed by atoms with van der Waals surface area (Å²) in [4.78, 5) is 24.4. The number of nitrogens with one attached hydrogen (secondary N) is 3. The van der Waals surface area contributed by atoms with E-state index in [4.69, 9.17) is 4.98 Å². The summed E-state index contributed by atoms with van der Waals surface area (Å²) in [5, 5.41) is 7.38. The number of aromatic amines is 1. The standard InChI is InChI=1S/C20H23N5O/c1-2-21-20(26)13-7-8-17(23-12-13)16-11-18(24-14-5-3-4-6-14)25-19-15(16)9-10-22-19/h7-12,14H,2-6H2,1H3,(H,21,26)(H2,22,24,25). The van der Waals surface area contributed by atoms with Gasteiger partial charge in [-0.25, -0.2) is 4.98 Å². The van der Waals surface area contributed by atoms with Gasteiger partial charge in [-0.1, -0.05) is 12.8 Å². The molecule has 0 aliphatic heterocycles. The largest absolute Gasteiger partial charge is 0.367 e. The third-order valence-corrected chi connectivity index (χ3v) is 4.87. The van der Waals surface area contributed by atoms with E-state index in [1.807, 2.05) is 31.3 Å². The zero-order valence-corrected chi connectivity index (χ0v) is 14.9. The third-order valence-electron chi connectivity index (χ3n) is 4.87. The molecular weight excluding hydrogens is 326 g/mol. The van der Waals surface area contributed by atoms with Crippen molar-refractivity contribution < 1.29 is 4.79 Å². The molecule has 0 saturated heterocycles. The zero-order chi connectivity index (χ0) is 17.9. The Morgan fingerprint density at radius 3 is 2.85 bits per heavy atom. The van der Waals surface area contributed by atoms with Crippen molar-refractivity contribution >= 4 is 22.8 Å². The van der Waals surface area contributed by atoms with Crippen LogP contribution in [0.3, 0.4) is 0 Å². The second-order valence-corrected chi connectivity index (χ2v) is 6.71. The summed E-state index contributed by atoms with van der Waals surface area (Å²) in [5.74, 6) is 0.771. The molecule has 6 heteroatoms. The fourth-order valence-electron chi connectivity index (χ4n) is 3.55. The predicted octanol–water partition coefficient (Wildman–Crippen LogP) is 3.73. The van der Waals surface area contributed by atoms with Gasteiger partial charge in [-0.2, -0.15) is 0 Å². The van der Waals surface area contributed by atoms with E-state index in [0.717, 1.165) is 28.1 Å². The molecular formula is C20H23N5O. The van der Waals surface area contributed by atoms with E-state index < -0.39 is 0 Å². The van der Waals surface area contributed by atoms with Crippen molar-refractivity contribution in [1.82, 2.24) is 20.3 Å². The van der Waals surface area contributed by atoms with Crippen molar-refractivity contribution in [2.45, 2.75) is 38.6 Å². The lowest BCUT2D eigenvalue weighted by molar-refractivity contribution is 0.0955. The Bertz CT molecular complexity index is 910. The van der Waals surface area contributed by atoms with Gasteiger partial charge in [0.2, 0.25) is 0 Å². The van der Waals surface area contributed by atoms with Gasteiger partial charge in [0, 0.05) is 35.9 Å². The van der Waals surface area contributed by atoms with E-state index in [0.29, 0.717) is 18.2 Å². The van der Waals surface area contributed by atoms with Crippen molar-refractivity contribution in [3.63, 3.8) is 0 Å². The van der Waals surface area contributed by atoms with Crippen molar-refractivity contribution in [3.05, 3.63) is 42.2 Å². The molecule has 1 amide bonds. The summed E-state index contributed by atoms with van der Waals surface area (Å²) in [6, 6.07) is 8.27. The summed E-state index contributed by atoms with van der Waals surface area (Å²) in [7, 11) is 0. The lowest BCUT2D eigenvalue weighted by Gasteiger charge is -2.14. The molecule has 3 heterocycles. The molecule has 0 aromatic carbocycles. The molecule has 0 spiro atoms. The number of hydrogen-bond donors (Lipinski definition) is 3. The summed E-state index contributed by atoms with van der Waals surface area (Å²) in [6.07, 6.45) is 8.46. The Kier molecular flexibility index (Phi) is 4.56. The third kappa shape index (κ3) is 3.27. The molecule has 1 aliphatic carbocycles. The Morgan fingerprint density at radius 2 is 2.12 bits per heavy atom. The molecule has 6 nitrogen and oxygen atoms in total. The van der Waals surface area contributed by atoms with Crippen molar-refractivity contribution in [3.8, 4) is 11.3 Å². The number of rotatable bonds is 5. The number of pyridine rings is 2. The average Bonchev–Trinajstić information content (AvgIpc) is 3.33. The van der Waals surface area contributed by atoms with E-state index in [1.54, 1.807) is 6.20 Å². The van der Waals surface area contributed by atoms with Crippen LogP contribution >= 0.6 is 0 Å². The van der Waals surface area contributed by atoms with Crippen LogP contribution in [0.25, 0.3) is 22.3 Å². The molecule has 3 aromatic rings. The van der Waals surface area contributed by atoms with E-state index in [1.165, 1.54) is 25.7 Å². The minimum Gasteiger partial charge on any atom is -0.367 e. The van der Waals surface area contributed by atoms with Crippen LogP contribution in [0.1, 0.15) is 43.0 Å². The molecule has 26 heavy (non-hydrogen) atoms. The molecule has 0 atom stereocenters. The highest BCUT2D eigenvalue weighted by atomic mass is 16.1. The first kappa shape index (κ1) is 16.6. The van der Waals surface area contributed by atoms with E-state index in [9.17, 15) is 4.79 Å². The molecule has 0 unspecified atom stereocenters. The van der Waals surface area contributed by atoms with Crippen LogP contribution in [-0.2, 0) is 0 Å². The van der Waals surface area contributed by atoms with Gasteiger partial charge < -0.3 is 15.6 Å². The highest BCUT2D eigenvalue weighted by Crippen LogP contribution is 2.30. The van der Waals surface area contributed by atoms with Crippen LogP contribution in [-0.4, -0.2) is 33.4 Å². The van der Waals surface area contributed by atoms with Gasteiger partial charge in [0.25, 0.3) is 5.91 Å². The van der Waals surface area contributed by atoms with Crippen molar-refractivity contribution in [2.75, 3.05) is 11.9 Å². The molecule has 0 bridgehead atoms.